The second kappa shape index (κ2) is 8.66. The highest BCUT2D eigenvalue weighted by Gasteiger charge is 2.18. The summed E-state index contributed by atoms with van der Waals surface area (Å²) in [6.07, 6.45) is 0. The highest BCUT2D eigenvalue weighted by atomic mass is 35.5. The molecule has 0 N–H and O–H groups in total. The van der Waals surface area contributed by atoms with E-state index in [1.807, 2.05) is 42.5 Å². The standard InChI is InChI=1S/C26H16Cl2O2/c27-25(29)22-7-4-8-23(26(28)30)24(22)21-15-13-20(14-16-21)19-11-9-18(10-12-19)17-5-2-1-3-6-17/h1-16H. The summed E-state index contributed by atoms with van der Waals surface area (Å²) in [5.74, 6) is 0. The Labute approximate surface area is 184 Å². The summed E-state index contributed by atoms with van der Waals surface area (Å²) in [7, 11) is 0. The first-order chi connectivity index (χ1) is 14.5. The minimum atomic E-state index is -0.634. The monoisotopic (exact) mass is 430 g/mol. The van der Waals surface area contributed by atoms with Crippen molar-refractivity contribution in [2.24, 2.45) is 0 Å². The molecule has 0 heterocycles. The van der Waals surface area contributed by atoms with Crippen LogP contribution in [0.3, 0.4) is 0 Å². The van der Waals surface area contributed by atoms with E-state index < -0.39 is 10.5 Å². The van der Waals surface area contributed by atoms with Crippen molar-refractivity contribution in [3.05, 3.63) is 108 Å². The van der Waals surface area contributed by atoms with Crippen molar-refractivity contribution < 1.29 is 9.59 Å². The molecule has 0 aromatic heterocycles. The average Bonchev–Trinajstić information content (AvgIpc) is 2.79. The number of benzene rings is 4. The highest BCUT2D eigenvalue weighted by Crippen LogP contribution is 2.32. The van der Waals surface area contributed by atoms with E-state index in [1.165, 1.54) is 5.56 Å². The van der Waals surface area contributed by atoms with Gasteiger partial charge in [-0.3, -0.25) is 9.59 Å². The van der Waals surface area contributed by atoms with Crippen LogP contribution in [-0.4, -0.2) is 10.5 Å². The van der Waals surface area contributed by atoms with Gasteiger partial charge in [-0.25, -0.2) is 0 Å². The zero-order valence-electron chi connectivity index (χ0n) is 15.8. The van der Waals surface area contributed by atoms with E-state index in [4.69, 9.17) is 23.2 Å². The third-order valence-corrected chi connectivity index (χ3v) is 5.39. The predicted molar refractivity (Wildman–Crippen MR) is 123 cm³/mol. The third kappa shape index (κ3) is 4.06. The maximum atomic E-state index is 11.9. The molecule has 0 atom stereocenters. The van der Waals surface area contributed by atoms with Gasteiger partial charge in [0.2, 0.25) is 0 Å². The van der Waals surface area contributed by atoms with E-state index in [9.17, 15) is 9.59 Å². The van der Waals surface area contributed by atoms with Gasteiger partial charge in [-0.2, -0.15) is 0 Å². The van der Waals surface area contributed by atoms with Gasteiger partial charge in [0.15, 0.2) is 0 Å². The lowest BCUT2D eigenvalue weighted by Crippen LogP contribution is -2.01. The van der Waals surface area contributed by atoms with Gasteiger partial charge in [-0.15, -0.1) is 0 Å². The van der Waals surface area contributed by atoms with Gasteiger partial charge in [0.25, 0.3) is 10.5 Å². The van der Waals surface area contributed by atoms with E-state index in [0.717, 1.165) is 16.7 Å². The fraction of sp³-hybridized carbons (Fsp3) is 0. The summed E-state index contributed by atoms with van der Waals surface area (Å²) in [5, 5.41) is -1.27. The van der Waals surface area contributed by atoms with Crippen LogP contribution in [0.25, 0.3) is 33.4 Å². The predicted octanol–water partition coefficient (Wildman–Crippen LogP) is 7.45. The third-order valence-electron chi connectivity index (χ3n) is 4.99. The fourth-order valence-electron chi connectivity index (χ4n) is 3.51. The molecule has 0 saturated carbocycles. The summed E-state index contributed by atoms with van der Waals surface area (Å²) in [5.41, 5.74) is 6.06. The maximum absolute atomic E-state index is 11.9. The molecule has 0 spiro atoms. The Balaban J connectivity index is 1.69. The number of hydrogen-bond acceptors (Lipinski definition) is 2. The Bertz CT molecular complexity index is 1180. The van der Waals surface area contributed by atoms with Crippen molar-refractivity contribution in [1.82, 2.24) is 0 Å². The van der Waals surface area contributed by atoms with Crippen molar-refractivity contribution in [3.8, 4) is 33.4 Å². The second-order valence-corrected chi connectivity index (χ2v) is 7.48. The fourth-order valence-corrected chi connectivity index (χ4v) is 3.82. The molecule has 0 bridgehead atoms. The molecule has 0 aliphatic rings. The van der Waals surface area contributed by atoms with Gasteiger partial charge < -0.3 is 0 Å². The van der Waals surface area contributed by atoms with Crippen LogP contribution in [0.5, 0.6) is 0 Å². The highest BCUT2D eigenvalue weighted by molar-refractivity contribution is 6.70. The zero-order valence-corrected chi connectivity index (χ0v) is 17.3. The molecular formula is C26H16Cl2O2. The summed E-state index contributed by atoms with van der Waals surface area (Å²) >= 11 is 11.5. The lowest BCUT2D eigenvalue weighted by Gasteiger charge is -2.12. The Hall–Kier alpha value is -3.20. The largest absolute Gasteiger partial charge is 0.276 e. The molecule has 4 aromatic rings. The molecule has 0 radical (unpaired) electrons. The lowest BCUT2D eigenvalue weighted by molar-refractivity contribution is 0.108. The van der Waals surface area contributed by atoms with Crippen LogP contribution in [0, 0.1) is 0 Å². The first-order valence-corrected chi connectivity index (χ1v) is 10.1. The second-order valence-electron chi connectivity index (χ2n) is 6.80. The molecule has 0 fully saturated rings. The quantitative estimate of drug-likeness (QED) is 0.308. The van der Waals surface area contributed by atoms with Crippen LogP contribution in [-0.2, 0) is 0 Å². The zero-order chi connectivity index (χ0) is 21.1. The molecule has 0 aliphatic carbocycles. The molecule has 4 heteroatoms. The molecule has 0 amide bonds. The van der Waals surface area contributed by atoms with Crippen molar-refractivity contribution in [1.29, 1.82) is 0 Å². The van der Waals surface area contributed by atoms with Crippen molar-refractivity contribution in [3.63, 3.8) is 0 Å². The van der Waals surface area contributed by atoms with E-state index in [2.05, 4.69) is 36.4 Å². The Kier molecular flexibility index (Phi) is 5.80. The minimum Gasteiger partial charge on any atom is -0.276 e. The molecule has 2 nitrogen and oxygen atoms in total. The molecule has 0 unspecified atom stereocenters. The molecular weight excluding hydrogens is 415 g/mol. The van der Waals surface area contributed by atoms with Gasteiger partial charge in [-0.05, 0) is 63.2 Å². The van der Waals surface area contributed by atoms with Crippen LogP contribution in [0.4, 0.5) is 0 Å². The van der Waals surface area contributed by atoms with Crippen molar-refractivity contribution in [2.45, 2.75) is 0 Å². The van der Waals surface area contributed by atoms with Gasteiger partial charge in [0.1, 0.15) is 0 Å². The lowest BCUT2D eigenvalue weighted by atomic mass is 9.93. The normalized spacial score (nSPS) is 10.6. The van der Waals surface area contributed by atoms with Crippen LogP contribution in [0.15, 0.2) is 97.1 Å². The van der Waals surface area contributed by atoms with E-state index in [0.29, 0.717) is 11.1 Å². The Morgan fingerprint density at radius 1 is 0.433 bits per heavy atom. The first-order valence-electron chi connectivity index (χ1n) is 9.33. The summed E-state index contributed by atoms with van der Waals surface area (Å²) in [4.78, 5) is 23.7. The van der Waals surface area contributed by atoms with Gasteiger partial charge in [0, 0.05) is 16.7 Å². The molecule has 4 rings (SSSR count). The summed E-state index contributed by atoms with van der Waals surface area (Å²) in [6, 6.07) is 30.9. The van der Waals surface area contributed by atoms with E-state index >= 15 is 0 Å². The van der Waals surface area contributed by atoms with Crippen LogP contribution < -0.4 is 0 Å². The smallest absolute Gasteiger partial charge is 0.253 e. The first kappa shape index (κ1) is 20.1. The maximum Gasteiger partial charge on any atom is 0.253 e. The average molecular weight is 431 g/mol. The Morgan fingerprint density at radius 3 is 1.20 bits per heavy atom. The molecule has 4 aromatic carbocycles. The molecule has 0 aliphatic heterocycles. The summed E-state index contributed by atoms with van der Waals surface area (Å²) < 4.78 is 0. The topological polar surface area (TPSA) is 34.1 Å². The van der Waals surface area contributed by atoms with Gasteiger partial charge in [-0.1, -0.05) is 84.9 Å². The van der Waals surface area contributed by atoms with Crippen molar-refractivity contribution in [2.75, 3.05) is 0 Å². The van der Waals surface area contributed by atoms with Crippen LogP contribution in [0.1, 0.15) is 20.7 Å². The number of rotatable bonds is 5. The minimum absolute atomic E-state index is 0.253. The number of carbonyl (C=O) groups excluding carboxylic acids is 2. The summed E-state index contributed by atoms with van der Waals surface area (Å²) in [6.45, 7) is 0. The van der Waals surface area contributed by atoms with Crippen LogP contribution >= 0.6 is 23.2 Å². The number of halogens is 2. The van der Waals surface area contributed by atoms with E-state index in [-0.39, 0.29) is 11.1 Å². The number of hydrogen-bond donors (Lipinski definition) is 0. The van der Waals surface area contributed by atoms with Crippen molar-refractivity contribution >= 4 is 33.7 Å². The number of carbonyl (C=O) groups is 2. The van der Waals surface area contributed by atoms with Gasteiger partial charge >= 0.3 is 0 Å². The molecule has 146 valence electrons. The van der Waals surface area contributed by atoms with E-state index in [1.54, 1.807) is 18.2 Å². The van der Waals surface area contributed by atoms with Crippen LogP contribution in [0.2, 0.25) is 0 Å². The SMILES string of the molecule is O=C(Cl)c1cccc(C(=O)Cl)c1-c1ccc(-c2ccc(-c3ccccc3)cc2)cc1. The van der Waals surface area contributed by atoms with Gasteiger partial charge in [0.05, 0.1) is 0 Å². The Morgan fingerprint density at radius 2 is 0.800 bits per heavy atom. The molecule has 30 heavy (non-hydrogen) atoms. The molecule has 0 saturated heterocycles.